The van der Waals surface area contributed by atoms with Crippen molar-refractivity contribution in [2.45, 2.75) is 0 Å². The first-order valence-electron chi connectivity index (χ1n) is 4.92. The summed E-state index contributed by atoms with van der Waals surface area (Å²) < 4.78 is 22.9. The van der Waals surface area contributed by atoms with Crippen LogP contribution in [0.4, 0.5) is 5.69 Å². The van der Waals surface area contributed by atoms with E-state index < -0.39 is 11.3 Å². The number of rotatable bonds is 2. The normalized spacial score (nSPS) is 20.2. The summed E-state index contributed by atoms with van der Waals surface area (Å²) in [5.74, 6) is 0. The smallest absolute Gasteiger partial charge is 0.0367 e. The zero-order valence-corrected chi connectivity index (χ0v) is 9.15. The summed E-state index contributed by atoms with van der Waals surface area (Å²) in [5, 5.41) is 0. The van der Waals surface area contributed by atoms with Crippen LogP contribution in [0.25, 0.3) is 0 Å². The molecule has 1 aliphatic rings. The Morgan fingerprint density at radius 3 is 2.20 bits per heavy atom. The summed E-state index contributed by atoms with van der Waals surface area (Å²) in [6.07, 6.45) is 0. The number of benzene rings is 1. The minimum absolute atomic E-state index is 0.574. The van der Waals surface area contributed by atoms with Gasteiger partial charge < -0.3 is 9.45 Å². The average Bonchev–Trinajstić information content (AvgIpc) is 2.30. The highest BCUT2D eigenvalue weighted by atomic mass is 32.2. The van der Waals surface area contributed by atoms with Crippen LogP contribution in [-0.4, -0.2) is 39.2 Å². The van der Waals surface area contributed by atoms with E-state index in [1.54, 1.807) is 0 Å². The monoisotopic (exact) mass is 225 g/mol. The van der Waals surface area contributed by atoms with Gasteiger partial charge in [-0.25, -0.2) is 4.31 Å². The molecule has 0 amide bonds. The van der Waals surface area contributed by atoms with Crippen LogP contribution in [0, 0.1) is 0 Å². The number of hydrogen-bond donors (Lipinski definition) is 0. The van der Waals surface area contributed by atoms with Gasteiger partial charge in [-0.3, -0.25) is 4.21 Å². The molecule has 0 saturated carbocycles. The second-order valence-electron chi connectivity index (χ2n) is 3.47. The van der Waals surface area contributed by atoms with Gasteiger partial charge in [-0.15, -0.1) is 0 Å². The maximum Gasteiger partial charge on any atom is 0.0367 e. The first-order valence-corrected chi connectivity index (χ1v) is 5.95. The Balaban J connectivity index is 1.97. The maximum absolute atomic E-state index is 10.7. The Bertz CT molecular complexity index is 337. The van der Waals surface area contributed by atoms with E-state index in [1.165, 1.54) is 4.31 Å². The van der Waals surface area contributed by atoms with Crippen molar-refractivity contribution >= 4 is 17.0 Å². The number of nitrogens with zero attached hydrogens (tertiary/aromatic N) is 2. The lowest BCUT2D eigenvalue weighted by atomic mass is 10.2. The largest absolute Gasteiger partial charge is 0.760 e. The molecular formula is C10H13N2O2S-. The molecule has 1 heterocycles. The fraction of sp³-hybridized carbons (Fsp3) is 0.400. The molecule has 1 aromatic rings. The van der Waals surface area contributed by atoms with Crippen LogP contribution in [0.3, 0.4) is 0 Å². The van der Waals surface area contributed by atoms with Crippen molar-refractivity contribution in [3.8, 4) is 0 Å². The third-order valence-corrected chi connectivity index (χ3v) is 3.36. The molecule has 0 aliphatic carbocycles. The molecule has 1 fully saturated rings. The Labute approximate surface area is 91.9 Å². The van der Waals surface area contributed by atoms with Crippen molar-refractivity contribution in [1.29, 1.82) is 0 Å². The van der Waals surface area contributed by atoms with Crippen LogP contribution in [-0.2, 0) is 11.3 Å². The van der Waals surface area contributed by atoms with E-state index in [0.717, 1.165) is 18.8 Å². The second kappa shape index (κ2) is 4.74. The standard InChI is InChI=1S/C10H14N2O2S/c13-15(14)12-8-6-11(7-9-12)10-4-2-1-3-5-10/h1-5H,6-9H2,(H,13,14)/p-1. The number of piperazine rings is 1. The molecule has 0 bridgehead atoms. The fourth-order valence-electron chi connectivity index (χ4n) is 1.73. The van der Waals surface area contributed by atoms with E-state index in [-0.39, 0.29) is 0 Å². The highest BCUT2D eigenvalue weighted by Crippen LogP contribution is 2.15. The van der Waals surface area contributed by atoms with Gasteiger partial charge in [0.1, 0.15) is 0 Å². The second-order valence-corrected chi connectivity index (χ2v) is 4.42. The lowest BCUT2D eigenvalue weighted by Crippen LogP contribution is -2.46. The lowest BCUT2D eigenvalue weighted by molar-refractivity contribution is 0.366. The van der Waals surface area contributed by atoms with Crippen LogP contribution < -0.4 is 4.90 Å². The van der Waals surface area contributed by atoms with Gasteiger partial charge in [-0.05, 0) is 12.1 Å². The van der Waals surface area contributed by atoms with Crippen LogP contribution in [0.15, 0.2) is 30.3 Å². The molecule has 4 nitrogen and oxygen atoms in total. The van der Waals surface area contributed by atoms with Gasteiger partial charge in [0.25, 0.3) is 0 Å². The van der Waals surface area contributed by atoms with Gasteiger partial charge in [0.05, 0.1) is 0 Å². The van der Waals surface area contributed by atoms with E-state index in [0.29, 0.717) is 13.1 Å². The van der Waals surface area contributed by atoms with Crippen molar-refractivity contribution in [2.24, 2.45) is 0 Å². The van der Waals surface area contributed by atoms with Crippen molar-refractivity contribution in [2.75, 3.05) is 31.1 Å². The molecule has 0 N–H and O–H groups in total. The fourth-order valence-corrected chi connectivity index (χ4v) is 2.20. The van der Waals surface area contributed by atoms with Gasteiger partial charge in [-0.2, -0.15) is 0 Å². The van der Waals surface area contributed by atoms with E-state index in [2.05, 4.69) is 4.90 Å². The lowest BCUT2D eigenvalue weighted by Gasteiger charge is -2.36. The maximum atomic E-state index is 10.7. The van der Waals surface area contributed by atoms with Crippen molar-refractivity contribution in [3.05, 3.63) is 30.3 Å². The molecule has 15 heavy (non-hydrogen) atoms. The minimum Gasteiger partial charge on any atom is -0.760 e. The molecule has 0 radical (unpaired) electrons. The molecule has 0 aromatic heterocycles. The third kappa shape index (κ3) is 2.56. The summed E-state index contributed by atoms with van der Waals surface area (Å²) in [5.41, 5.74) is 1.16. The Hall–Kier alpha value is -0.910. The molecule has 1 saturated heterocycles. The predicted molar refractivity (Wildman–Crippen MR) is 59.1 cm³/mol. The Kier molecular flexibility index (Phi) is 3.35. The predicted octanol–water partition coefficient (Wildman–Crippen LogP) is 0.603. The van der Waals surface area contributed by atoms with Crippen molar-refractivity contribution in [1.82, 2.24) is 4.31 Å². The zero-order chi connectivity index (χ0) is 10.7. The summed E-state index contributed by atoms with van der Waals surface area (Å²) in [4.78, 5) is 2.20. The highest BCUT2D eigenvalue weighted by Gasteiger charge is 2.16. The Morgan fingerprint density at radius 2 is 1.67 bits per heavy atom. The summed E-state index contributed by atoms with van der Waals surface area (Å²) >= 11 is -2.07. The van der Waals surface area contributed by atoms with Gasteiger partial charge in [0.2, 0.25) is 0 Å². The van der Waals surface area contributed by atoms with Crippen LogP contribution in [0.2, 0.25) is 0 Å². The summed E-state index contributed by atoms with van der Waals surface area (Å²) in [6, 6.07) is 10.1. The molecule has 1 aromatic carbocycles. The van der Waals surface area contributed by atoms with Crippen molar-refractivity contribution < 1.29 is 8.76 Å². The van der Waals surface area contributed by atoms with Gasteiger partial charge in [0, 0.05) is 43.1 Å². The molecule has 5 heteroatoms. The first-order chi connectivity index (χ1) is 7.27. The van der Waals surface area contributed by atoms with E-state index in [1.807, 2.05) is 30.3 Å². The van der Waals surface area contributed by atoms with Gasteiger partial charge in [0.15, 0.2) is 0 Å². The minimum atomic E-state index is -2.07. The molecular weight excluding hydrogens is 212 g/mol. The topological polar surface area (TPSA) is 46.6 Å². The molecule has 0 spiro atoms. The SMILES string of the molecule is O=S([O-])N1CCN(c2ccccc2)CC1. The quantitative estimate of drug-likeness (QED) is 0.693. The molecule has 1 atom stereocenters. The Morgan fingerprint density at radius 1 is 1.07 bits per heavy atom. The van der Waals surface area contributed by atoms with Crippen LogP contribution >= 0.6 is 0 Å². The number of anilines is 1. The summed E-state index contributed by atoms with van der Waals surface area (Å²) in [6.45, 7) is 2.67. The highest BCUT2D eigenvalue weighted by molar-refractivity contribution is 7.76. The van der Waals surface area contributed by atoms with Crippen molar-refractivity contribution in [3.63, 3.8) is 0 Å². The molecule has 2 rings (SSSR count). The van der Waals surface area contributed by atoms with E-state index in [9.17, 15) is 8.76 Å². The summed E-state index contributed by atoms with van der Waals surface area (Å²) in [7, 11) is 0. The number of para-hydroxylation sites is 1. The van der Waals surface area contributed by atoms with Gasteiger partial charge in [-0.1, -0.05) is 18.2 Å². The number of hydrogen-bond acceptors (Lipinski definition) is 3. The van der Waals surface area contributed by atoms with E-state index >= 15 is 0 Å². The molecule has 82 valence electrons. The zero-order valence-electron chi connectivity index (χ0n) is 8.33. The van der Waals surface area contributed by atoms with Crippen LogP contribution in [0.5, 0.6) is 0 Å². The molecule has 1 unspecified atom stereocenters. The molecule has 1 aliphatic heterocycles. The average molecular weight is 225 g/mol. The third-order valence-electron chi connectivity index (χ3n) is 2.57. The van der Waals surface area contributed by atoms with E-state index in [4.69, 9.17) is 0 Å². The van der Waals surface area contributed by atoms with Crippen LogP contribution in [0.1, 0.15) is 0 Å². The van der Waals surface area contributed by atoms with Gasteiger partial charge >= 0.3 is 0 Å². The first kappa shape index (κ1) is 10.6.